The highest BCUT2D eigenvalue weighted by Crippen LogP contribution is 2.21. The Kier molecular flexibility index (Phi) is 5.84. The van der Waals surface area contributed by atoms with Crippen molar-refractivity contribution < 1.29 is 17.9 Å². The molecule has 0 spiro atoms. The summed E-state index contributed by atoms with van der Waals surface area (Å²) in [6.45, 7) is 4.25. The van der Waals surface area contributed by atoms with E-state index >= 15 is 0 Å². The summed E-state index contributed by atoms with van der Waals surface area (Å²) in [6, 6.07) is 8.44. The zero-order valence-electron chi connectivity index (χ0n) is 13.9. The van der Waals surface area contributed by atoms with Gasteiger partial charge >= 0.3 is 0 Å². The van der Waals surface area contributed by atoms with Gasteiger partial charge in [-0.15, -0.1) is 0 Å². The summed E-state index contributed by atoms with van der Waals surface area (Å²) in [5, 5.41) is 9.05. The fraction of sp³-hybridized carbons (Fsp3) is 0.529. The van der Waals surface area contributed by atoms with E-state index in [0.29, 0.717) is 24.3 Å². The zero-order chi connectivity index (χ0) is 17.7. The zero-order valence-corrected chi connectivity index (χ0v) is 14.8. The second kappa shape index (κ2) is 7.67. The first-order valence-electron chi connectivity index (χ1n) is 7.94. The summed E-state index contributed by atoms with van der Waals surface area (Å²) < 4.78 is 28.9. The number of hydrogen-bond donors (Lipinski definition) is 0. The maximum Gasteiger partial charge on any atom is 0.260 e. The number of carbonyl (C=O) groups excluding carboxylic acids is 1. The number of amides is 1. The van der Waals surface area contributed by atoms with E-state index < -0.39 is 9.84 Å². The lowest BCUT2D eigenvalue weighted by atomic mass is 10.1. The molecule has 1 fully saturated rings. The predicted molar refractivity (Wildman–Crippen MR) is 90.3 cm³/mol. The molecule has 1 aromatic rings. The number of nitriles is 1. The molecule has 0 aromatic heterocycles. The Morgan fingerprint density at radius 1 is 1.42 bits per heavy atom. The van der Waals surface area contributed by atoms with Crippen LogP contribution >= 0.6 is 0 Å². The van der Waals surface area contributed by atoms with Gasteiger partial charge in [0.1, 0.15) is 11.8 Å². The highest BCUT2D eigenvalue weighted by atomic mass is 32.2. The molecule has 1 amide bonds. The second-order valence-corrected chi connectivity index (χ2v) is 8.62. The van der Waals surface area contributed by atoms with Crippen LogP contribution in [0.25, 0.3) is 0 Å². The SMILES string of the molecule is CC(C)CN(C(=O)COc1ccccc1C#N)C1CCS(=O)(=O)C1. The summed E-state index contributed by atoms with van der Waals surface area (Å²) in [5.41, 5.74) is 0.365. The first kappa shape index (κ1) is 18.3. The Bertz CT molecular complexity index is 737. The smallest absolute Gasteiger partial charge is 0.260 e. The molecule has 0 saturated carbocycles. The van der Waals surface area contributed by atoms with Crippen molar-refractivity contribution in [1.29, 1.82) is 5.26 Å². The van der Waals surface area contributed by atoms with E-state index in [0.717, 1.165) is 0 Å². The summed E-state index contributed by atoms with van der Waals surface area (Å²) in [6.07, 6.45) is 0.468. The number of para-hydroxylation sites is 1. The third kappa shape index (κ3) is 4.71. The number of benzene rings is 1. The molecule has 1 saturated heterocycles. The van der Waals surface area contributed by atoms with E-state index in [1.807, 2.05) is 19.9 Å². The average molecular weight is 350 g/mol. The molecule has 0 radical (unpaired) electrons. The van der Waals surface area contributed by atoms with Crippen LogP contribution < -0.4 is 4.74 Å². The molecular weight excluding hydrogens is 328 g/mol. The van der Waals surface area contributed by atoms with Crippen LogP contribution in [-0.2, 0) is 14.6 Å². The number of nitrogens with zero attached hydrogens (tertiary/aromatic N) is 2. The molecular formula is C17H22N2O4S. The number of hydrogen-bond acceptors (Lipinski definition) is 5. The van der Waals surface area contributed by atoms with Crippen LogP contribution in [0, 0.1) is 17.2 Å². The first-order valence-corrected chi connectivity index (χ1v) is 9.76. The molecule has 2 rings (SSSR count). The maximum atomic E-state index is 12.6. The van der Waals surface area contributed by atoms with Gasteiger partial charge in [-0.1, -0.05) is 26.0 Å². The molecule has 6 nitrogen and oxygen atoms in total. The van der Waals surface area contributed by atoms with Crippen LogP contribution in [0.1, 0.15) is 25.8 Å². The van der Waals surface area contributed by atoms with Crippen LogP contribution in [0.3, 0.4) is 0 Å². The number of ether oxygens (including phenoxy) is 1. The van der Waals surface area contributed by atoms with E-state index in [2.05, 4.69) is 0 Å². The molecule has 1 heterocycles. The van der Waals surface area contributed by atoms with Crippen LogP contribution in [-0.4, -0.2) is 49.9 Å². The Hall–Kier alpha value is -2.07. The molecule has 130 valence electrons. The molecule has 7 heteroatoms. The molecule has 1 aromatic carbocycles. The van der Waals surface area contributed by atoms with Gasteiger partial charge in [0.15, 0.2) is 16.4 Å². The van der Waals surface area contributed by atoms with Gasteiger partial charge < -0.3 is 9.64 Å². The summed E-state index contributed by atoms with van der Waals surface area (Å²) in [5.74, 6) is 0.469. The Labute approximate surface area is 142 Å². The Morgan fingerprint density at radius 3 is 2.71 bits per heavy atom. The van der Waals surface area contributed by atoms with Crippen molar-refractivity contribution >= 4 is 15.7 Å². The van der Waals surface area contributed by atoms with Crippen molar-refractivity contribution in [3.63, 3.8) is 0 Å². The maximum absolute atomic E-state index is 12.6. The molecule has 24 heavy (non-hydrogen) atoms. The van der Waals surface area contributed by atoms with E-state index in [9.17, 15) is 13.2 Å². The topological polar surface area (TPSA) is 87.5 Å². The fourth-order valence-corrected chi connectivity index (χ4v) is 4.51. The van der Waals surface area contributed by atoms with Gasteiger partial charge in [-0.05, 0) is 24.5 Å². The minimum absolute atomic E-state index is 0.0141. The molecule has 1 aliphatic heterocycles. The number of carbonyl (C=O) groups is 1. The lowest BCUT2D eigenvalue weighted by molar-refractivity contribution is -0.135. The standard InChI is InChI=1S/C17H22N2O4S/c1-13(2)10-19(15-7-8-24(21,22)12-15)17(20)11-23-16-6-4-3-5-14(16)9-18/h3-6,13,15H,7-8,10-12H2,1-2H3. The highest BCUT2D eigenvalue weighted by Gasteiger charge is 2.35. The predicted octanol–water partition coefficient (Wildman–Crippen LogP) is 1.61. The van der Waals surface area contributed by atoms with Crippen molar-refractivity contribution in [2.75, 3.05) is 24.7 Å². The van der Waals surface area contributed by atoms with E-state index in [-0.39, 0.29) is 36.0 Å². The van der Waals surface area contributed by atoms with Gasteiger partial charge in [-0.25, -0.2) is 8.42 Å². The van der Waals surface area contributed by atoms with Gasteiger partial charge in [0.2, 0.25) is 0 Å². The largest absolute Gasteiger partial charge is 0.482 e. The Morgan fingerprint density at radius 2 is 2.12 bits per heavy atom. The highest BCUT2D eigenvalue weighted by molar-refractivity contribution is 7.91. The third-order valence-corrected chi connectivity index (χ3v) is 5.64. The van der Waals surface area contributed by atoms with Crippen LogP contribution in [0.15, 0.2) is 24.3 Å². The molecule has 1 aliphatic rings. The number of rotatable bonds is 6. The lowest BCUT2D eigenvalue weighted by Gasteiger charge is -2.30. The minimum Gasteiger partial charge on any atom is -0.482 e. The first-order chi connectivity index (χ1) is 11.3. The van der Waals surface area contributed by atoms with E-state index in [1.165, 1.54) is 0 Å². The van der Waals surface area contributed by atoms with Gasteiger partial charge in [0.25, 0.3) is 5.91 Å². The average Bonchev–Trinajstić information content (AvgIpc) is 2.90. The third-order valence-electron chi connectivity index (χ3n) is 3.89. The number of sulfone groups is 1. The van der Waals surface area contributed by atoms with Crippen LogP contribution in [0.2, 0.25) is 0 Å². The second-order valence-electron chi connectivity index (χ2n) is 6.39. The van der Waals surface area contributed by atoms with Crippen molar-refractivity contribution in [2.24, 2.45) is 5.92 Å². The van der Waals surface area contributed by atoms with Gasteiger partial charge in [0, 0.05) is 12.6 Å². The van der Waals surface area contributed by atoms with Crippen molar-refractivity contribution in [3.8, 4) is 11.8 Å². The van der Waals surface area contributed by atoms with Crippen LogP contribution in [0.5, 0.6) is 5.75 Å². The monoisotopic (exact) mass is 350 g/mol. The summed E-state index contributed by atoms with van der Waals surface area (Å²) in [7, 11) is -3.07. The Balaban J connectivity index is 2.07. The van der Waals surface area contributed by atoms with Crippen LogP contribution in [0.4, 0.5) is 0 Å². The van der Waals surface area contributed by atoms with Crippen molar-refractivity contribution in [1.82, 2.24) is 4.90 Å². The van der Waals surface area contributed by atoms with Gasteiger partial charge in [0.05, 0.1) is 17.1 Å². The van der Waals surface area contributed by atoms with Gasteiger partial charge in [-0.2, -0.15) is 5.26 Å². The van der Waals surface area contributed by atoms with Gasteiger partial charge in [-0.3, -0.25) is 4.79 Å². The molecule has 0 bridgehead atoms. The quantitative estimate of drug-likeness (QED) is 0.778. The fourth-order valence-electron chi connectivity index (χ4n) is 2.78. The lowest BCUT2D eigenvalue weighted by Crippen LogP contribution is -2.45. The van der Waals surface area contributed by atoms with Crippen molar-refractivity contribution in [2.45, 2.75) is 26.3 Å². The van der Waals surface area contributed by atoms with Crippen molar-refractivity contribution in [3.05, 3.63) is 29.8 Å². The molecule has 1 atom stereocenters. The normalized spacial score (nSPS) is 19.0. The van der Waals surface area contributed by atoms with E-state index in [4.69, 9.17) is 10.00 Å². The summed E-state index contributed by atoms with van der Waals surface area (Å²) in [4.78, 5) is 14.2. The molecule has 1 unspecified atom stereocenters. The minimum atomic E-state index is -3.07. The van der Waals surface area contributed by atoms with E-state index in [1.54, 1.807) is 29.2 Å². The molecule has 0 aliphatic carbocycles. The summed E-state index contributed by atoms with van der Waals surface area (Å²) >= 11 is 0. The molecule has 0 N–H and O–H groups in total.